The molecule has 4 nitrogen and oxygen atoms in total. The van der Waals surface area contributed by atoms with Gasteiger partial charge in [-0.15, -0.1) is 0 Å². The topological polar surface area (TPSA) is 65.8 Å². The average Bonchev–Trinajstić information content (AvgIpc) is 2.46. The van der Waals surface area contributed by atoms with E-state index in [4.69, 9.17) is 5.26 Å². The second-order valence-electron chi connectivity index (χ2n) is 3.76. The van der Waals surface area contributed by atoms with Crippen LogP contribution in [0.3, 0.4) is 0 Å². The highest BCUT2D eigenvalue weighted by atomic mass is 16.1. The molecule has 0 radical (unpaired) electrons. The largest absolute Gasteiger partial charge is 0.321 e. The first-order valence-electron chi connectivity index (χ1n) is 5.68. The molecule has 0 aliphatic rings. The van der Waals surface area contributed by atoms with Gasteiger partial charge in [0.05, 0.1) is 23.5 Å². The number of hydrogen-bond donors (Lipinski definition) is 1. The number of amides is 1. The van der Waals surface area contributed by atoms with Gasteiger partial charge in [-0.1, -0.05) is 18.2 Å². The highest BCUT2D eigenvalue weighted by Gasteiger charge is 1.99. The molecule has 92 valence electrons. The molecule has 0 unspecified atom stereocenters. The maximum absolute atomic E-state index is 11.7. The number of aromatic nitrogens is 1. The Morgan fingerprint density at radius 1 is 1.26 bits per heavy atom. The summed E-state index contributed by atoms with van der Waals surface area (Å²) in [7, 11) is 0. The van der Waals surface area contributed by atoms with E-state index in [0.717, 1.165) is 0 Å². The number of carbonyl (C=O) groups is 1. The number of hydrogen-bond acceptors (Lipinski definition) is 3. The minimum absolute atomic E-state index is 0.263. The van der Waals surface area contributed by atoms with Crippen molar-refractivity contribution in [3.05, 3.63) is 66.0 Å². The first-order chi connectivity index (χ1) is 9.29. The van der Waals surface area contributed by atoms with Crippen LogP contribution in [0.2, 0.25) is 0 Å². The minimum atomic E-state index is -0.263. The number of pyridine rings is 1. The molecule has 1 aromatic carbocycles. The molecule has 1 amide bonds. The number of nitrogens with zero attached hydrogens (tertiary/aromatic N) is 2. The fourth-order valence-electron chi connectivity index (χ4n) is 1.53. The Kier molecular flexibility index (Phi) is 4.04. The number of nitrogens with one attached hydrogen (secondary N) is 1. The van der Waals surface area contributed by atoms with E-state index >= 15 is 0 Å². The highest BCUT2D eigenvalue weighted by Crippen LogP contribution is 2.09. The van der Waals surface area contributed by atoms with Crippen LogP contribution < -0.4 is 5.32 Å². The van der Waals surface area contributed by atoms with Gasteiger partial charge in [-0.3, -0.25) is 9.78 Å². The molecule has 0 fully saturated rings. The van der Waals surface area contributed by atoms with Crippen LogP contribution in [0.1, 0.15) is 11.1 Å². The SMILES string of the molecule is N#Cc1ccccc1/C=C/C(=O)Nc1cccnc1. The summed E-state index contributed by atoms with van der Waals surface area (Å²) in [5, 5.41) is 11.6. The Balaban J connectivity index is 2.07. The molecule has 2 rings (SSSR count). The van der Waals surface area contributed by atoms with Crippen molar-refractivity contribution in [2.45, 2.75) is 0 Å². The number of benzene rings is 1. The molecule has 1 aromatic heterocycles. The van der Waals surface area contributed by atoms with Crippen LogP contribution in [0.5, 0.6) is 0 Å². The summed E-state index contributed by atoms with van der Waals surface area (Å²) in [5.74, 6) is -0.263. The molecule has 0 spiro atoms. The minimum Gasteiger partial charge on any atom is -0.321 e. The van der Waals surface area contributed by atoms with Crippen molar-refractivity contribution in [1.29, 1.82) is 5.26 Å². The van der Waals surface area contributed by atoms with Crippen LogP contribution in [0.4, 0.5) is 5.69 Å². The lowest BCUT2D eigenvalue weighted by Crippen LogP contribution is -2.07. The molecule has 1 heterocycles. The van der Waals surface area contributed by atoms with Crippen molar-refractivity contribution in [3.63, 3.8) is 0 Å². The lowest BCUT2D eigenvalue weighted by atomic mass is 10.1. The zero-order chi connectivity index (χ0) is 13.5. The number of anilines is 1. The summed E-state index contributed by atoms with van der Waals surface area (Å²) in [6, 6.07) is 12.7. The summed E-state index contributed by atoms with van der Waals surface area (Å²) in [6.45, 7) is 0. The van der Waals surface area contributed by atoms with E-state index < -0.39 is 0 Å². The smallest absolute Gasteiger partial charge is 0.248 e. The van der Waals surface area contributed by atoms with Gasteiger partial charge in [0, 0.05) is 12.3 Å². The Labute approximate surface area is 111 Å². The molecule has 0 saturated heterocycles. The Morgan fingerprint density at radius 3 is 2.84 bits per heavy atom. The van der Waals surface area contributed by atoms with Gasteiger partial charge in [0.15, 0.2) is 0 Å². The number of rotatable bonds is 3. The van der Waals surface area contributed by atoms with E-state index in [1.54, 1.807) is 48.8 Å². The maximum atomic E-state index is 11.7. The quantitative estimate of drug-likeness (QED) is 0.850. The summed E-state index contributed by atoms with van der Waals surface area (Å²) in [6.07, 6.45) is 6.21. The molecule has 0 saturated carbocycles. The third-order valence-corrected chi connectivity index (χ3v) is 2.42. The molecule has 0 aliphatic heterocycles. The molecular weight excluding hydrogens is 238 g/mol. The molecular formula is C15H11N3O. The fourth-order valence-corrected chi connectivity index (χ4v) is 1.53. The molecule has 0 atom stereocenters. The predicted molar refractivity (Wildman–Crippen MR) is 73.1 cm³/mol. The van der Waals surface area contributed by atoms with Gasteiger partial charge in [0.2, 0.25) is 5.91 Å². The van der Waals surface area contributed by atoms with Crippen LogP contribution in [0, 0.1) is 11.3 Å². The van der Waals surface area contributed by atoms with Gasteiger partial charge < -0.3 is 5.32 Å². The standard InChI is InChI=1S/C15H11N3O/c16-10-13-5-2-1-4-12(13)7-8-15(19)18-14-6-3-9-17-11-14/h1-9,11H,(H,18,19)/b8-7+. The van der Waals surface area contributed by atoms with Crippen molar-refractivity contribution in [1.82, 2.24) is 4.98 Å². The van der Waals surface area contributed by atoms with E-state index in [9.17, 15) is 4.79 Å². The van der Waals surface area contributed by atoms with Gasteiger partial charge in [0.1, 0.15) is 0 Å². The third kappa shape index (κ3) is 3.51. The molecule has 4 heteroatoms. The summed E-state index contributed by atoms with van der Waals surface area (Å²) in [5.41, 5.74) is 1.88. The van der Waals surface area contributed by atoms with E-state index in [0.29, 0.717) is 16.8 Å². The van der Waals surface area contributed by atoms with Crippen LogP contribution in [-0.4, -0.2) is 10.9 Å². The summed E-state index contributed by atoms with van der Waals surface area (Å²) >= 11 is 0. The Bertz CT molecular complexity index is 642. The van der Waals surface area contributed by atoms with E-state index in [1.807, 2.05) is 6.07 Å². The predicted octanol–water partition coefficient (Wildman–Crippen LogP) is 2.61. The number of carbonyl (C=O) groups excluding carboxylic acids is 1. The van der Waals surface area contributed by atoms with E-state index in [-0.39, 0.29) is 5.91 Å². The monoisotopic (exact) mass is 249 g/mol. The first-order valence-corrected chi connectivity index (χ1v) is 5.68. The van der Waals surface area contributed by atoms with Gasteiger partial charge in [-0.2, -0.15) is 5.26 Å². The van der Waals surface area contributed by atoms with Crippen LogP contribution in [0.15, 0.2) is 54.9 Å². The zero-order valence-electron chi connectivity index (χ0n) is 10.1. The first kappa shape index (κ1) is 12.5. The summed E-state index contributed by atoms with van der Waals surface area (Å²) < 4.78 is 0. The Hall–Kier alpha value is -2.93. The summed E-state index contributed by atoms with van der Waals surface area (Å²) in [4.78, 5) is 15.6. The van der Waals surface area contributed by atoms with Crippen LogP contribution in [0.25, 0.3) is 6.08 Å². The second-order valence-corrected chi connectivity index (χ2v) is 3.76. The number of nitriles is 1. The van der Waals surface area contributed by atoms with Gasteiger partial charge in [0.25, 0.3) is 0 Å². The van der Waals surface area contributed by atoms with Gasteiger partial charge >= 0.3 is 0 Å². The lowest BCUT2D eigenvalue weighted by Gasteiger charge is -2.00. The normalized spacial score (nSPS) is 10.1. The lowest BCUT2D eigenvalue weighted by molar-refractivity contribution is -0.111. The maximum Gasteiger partial charge on any atom is 0.248 e. The molecule has 2 aromatic rings. The van der Waals surface area contributed by atoms with E-state index in [2.05, 4.69) is 16.4 Å². The Morgan fingerprint density at radius 2 is 2.11 bits per heavy atom. The third-order valence-electron chi connectivity index (χ3n) is 2.42. The van der Waals surface area contributed by atoms with Crippen molar-refractivity contribution >= 4 is 17.7 Å². The van der Waals surface area contributed by atoms with Crippen LogP contribution >= 0.6 is 0 Å². The van der Waals surface area contributed by atoms with Crippen molar-refractivity contribution < 1.29 is 4.79 Å². The molecule has 1 N–H and O–H groups in total. The average molecular weight is 249 g/mol. The zero-order valence-corrected chi connectivity index (χ0v) is 10.1. The molecule has 0 aliphatic carbocycles. The fraction of sp³-hybridized carbons (Fsp3) is 0. The van der Waals surface area contributed by atoms with E-state index in [1.165, 1.54) is 6.08 Å². The second kappa shape index (κ2) is 6.12. The molecule has 19 heavy (non-hydrogen) atoms. The molecule has 0 bridgehead atoms. The van der Waals surface area contributed by atoms with Crippen LogP contribution in [-0.2, 0) is 4.79 Å². The van der Waals surface area contributed by atoms with Gasteiger partial charge in [-0.05, 0) is 29.8 Å². The van der Waals surface area contributed by atoms with Crippen molar-refractivity contribution in [3.8, 4) is 6.07 Å². The highest BCUT2D eigenvalue weighted by molar-refractivity contribution is 6.01. The van der Waals surface area contributed by atoms with Gasteiger partial charge in [-0.25, -0.2) is 0 Å². The van der Waals surface area contributed by atoms with Crippen molar-refractivity contribution in [2.75, 3.05) is 5.32 Å². The van der Waals surface area contributed by atoms with Crippen molar-refractivity contribution in [2.24, 2.45) is 0 Å².